The lowest BCUT2D eigenvalue weighted by molar-refractivity contribution is -0.157. The second-order valence-corrected chi connectivity index (χ2v) is 11.8. The number of hydrogen-bond donors (Lipinski definition) is 1. The van der Waals surface area contributed by atoms with Gasteiger partial charge in [-0.15, -0.1) is 0 Å². The highest BCUT2D eigenvalue weighted by Gasteiger charge is 2.41. The maximum Gasteiger partial charge on any atom is 0.225 e. The fourth-order valence-corrected chi connectivity index (χ4v) is 5.73. The lowest BCUT2D eigenvalue weighted by atomic mass is 9.95. The summed E-state index contributed by atoms with van der Waals surface area (Å²) in [6, 6.07) is 12.2. The van der Waals surface area contributed by atoms with Gasteiger partial charge in [-0.2, -0.15) is 0 Å². The van der Waals surface area contributed by atoms with Crippen LogP contribution in [0.3, 0.4) is 0 Å². The molecule has 2 saturated heterocycles. The molecule has 2 aliphatic heterocycles. The molecule has 9 heteroatoms. The molecule has 224 valence electrons. The van der Waals surface area contributed by atoms with Gasteiger partial charge >= 0.3 is 0 Å². The molecule has 0 bridgehead atoms. The number of morpholine rings is 1. The zero-order valence-electron chi connectivity index (χ0n) is 24.8. The Hall–Kier alpha value is -2.81. The third-order valence-corrected chi connectivity index (χ3v) is 8.37. The van der Waals surface area contributed by atoms with Crippen LogP contribution in [0.25, 0.3) is 0 Å². The van der Waals surface area contributed by atoms with Crippen molar-refractivity contribution in [1.82, 2.24) is 15.1 Å². The second kappa shape index (κ2) is 14.4. The molecule has 2 aliphatic rings. The minimum atomic E-state index is -0.796. The summed E-state index contributed by atoms with van der Waals surface area (Å²) in [5.74, 6) is 1.62. The molecule has 2 heterocycles. The first-order valence-electron chi connectivity index (χ1n) is 14.7. The van der Waals surface area contributed by atoms with Crippen LogP contribution in [0.15, 0.2) is 36.4 Å². The van der Waals surface area contributed by atoms with E-state index >= 15 is 0 Å². The van der Waals surface area contributed by atoms with Gasteiger partial charge in [0.05, 0.1) is 19.6 Å². The molecule has 0 radical (unpaired) electrons. The number of nitrogens with one attached hydrogen (secondary N) is 1. The Morgan fingerprint density at radius 1 is 1.05 bits per heavy atom. The van der Waals surface area contributed by atoms with Crippen molar-refractivity contribution in [3.63, 3.8) is 0 Å². The minimum Gasteiger partial charge on any atom is -0.494 e. The zero-order valence-corrected chi connectivity index (χ0v) is 25.6. The van der Waals surface area contributed by atoms with Crippen LogP contribution in [0.4, 0.5) is 0 Å². The average molecular weight is 586 g/mol. The summed E-state index contributed by atoms with van der Waals surface area (Å²) < 4.78 is 18.5. The third kappa shape index (κ3) is 8.84. The molecule has 0 aliphatic carbocycles. The van der Waals surface area contributed by atoms with Gasteiger partial charge in [-0.25, -0.2) is 0 Å². The standard InChI is InChI=1S/C32H44ClN3O5/c1-5-15-39-28-8-6-26(7-9-28)20-35-14-16-41-32(21-35,22-40-29-17-23(2)31(33)24(3)18-29)19-30(38)36-12-10-27(11-13-36)34-25(4)37/h6-9,17-18,27H,5,10-16,19-22H2,1-4H3,(H,34,37)/t32-/m0/s1. The van der Waals surface area contributed by atoms with Crippen molar-refractivity contribution in [1.29, 1.82) is 0 Å². The van der Waals surface area contributed by atoms with Gasteiger partial charge in [0.15, 0.2) is 0 Å². The molecule has 41 heavy (non-hydrogen) atoms. The topological polar surface area (TPSA) is 80.3 Å². The molecular formula is C32H44ClN3O5. The Kier molecular flexibility index (Phi) is 10.9. The van der Waals surface area contributed by atoms with E-state index in [1.807, 2.05) is 43.0 Å². The quantitative estimate of drug-likeness (QED) is 0.403. The van der Waals surface area contributed by atoms with E-state index in [2.05, 4.69) is 29.3 Å². The molecule has 1 N–H and O–H groups in total. The van der Waals surface area contributed by atoms with Crippen molar-refractivity contribution >= 4 is 23.4 Å². The highest BCUT2D eigenvalue weighted by Crippen LogP contribution is 2.30. The zero-order chi connectivity index (χ0) is 29.4. The molecule has 0 aromatic heterocycles. The number of nitrogens with zero attached hydrogens (tertiary/aromatic N) is 2. The minimum absolute atomic E-state index is 0.0302. The Balaban J connectivity index is 1.46. The van der Waals surface area contributed by atoms with Crippen LogP contribution < -0.4 is 14.8 Å². The molecule has 8 nitrogen and oxygen atoms in total. The summed E-state index contributed by atoms with van der Waals surface area (Å²) in [5, 5.41) is 3.71. The van der Waals surface area contributed by atoms with E-state index in [1.165, 1.54) is 12.5 Å². The number of ether oxygens (including phenoxy) is 3. The van der Waals surface area contributed by atoms with E-state index in [4.69, 9.17) is 25.8 Å². The van der Waals surface area contributed by atoms with Crippen molar-refractivity contribution in [2.45, 2.75) is 71.6 Å². The van der Waals surface area contributed by atoms with Crippen LogP contribution in [-0.4, -0.2) is 79.3 Å². The smallest absolute Gasteiger partial charge is 0.225 e. The maximum atomic E-state index is 13.6. The Morgan fingerprint density at radius 3 is 2.37 bits per heavy atom. The molecule has 2 fully saturated rings. The number of benzene rings is 2. The first kappa shape index (κ1) is 31.1. The molecular weight excluding hydrogens is 542 g/mol. The van der Waals surface area contributed by atoms with Gasteiger partial charge in [0, 0.05) is 50.7 Å². The van der Waals surface area contributed by atoms with Gasteiger partial charge in [0.1, 0.15) is 23.7 Å². The molecule has 0 spiro atoms. The summed E-state index contributed by atoms with van der Waals surface area (Å²) in [6.07, 6.45) is 2.71. The monoisotopic (exact) mass is 585 g/mol. The Morgan fingerprint density at radius 2 is 1.73 bits per heavy atom. The van der Waals surface area contributed by atoms with Crippen molar-refractivity contribution < 1.29 is 23.8 Å². The van der Waals surface area contributed by atoms with Gasteiger partial charge in [0.25, 0.3) is 0 Å². The van der Waals surface area contributed by atoms with Gasteiger partial charge in [-0.3, -0.25) is 14.5 Å². The number of carbonyl (C=O) groups excluding carboxylic acids is 2. The molecule has 0 saturated carbocycles. The van der Waals surface area contributed by atoms with E-state index in [0.717, 1.165) is 60.0 Å². The lowest BCUT2D eigenvalue weighted by Crippen LogP contribution is -2.57. The summed E-state index contributed by atoms with van der Waals surface area (Å²) in [4.78, 5) is 29.3. The summed E-state index contributed by atoms with van der Waals surface area (Å²) in [7, 11) is 0. The summed E-state index contributed by atoms with van der Waals surface area (Å²) in [6.45, 7) is 12.3. The molecule has 4 rings (SSSR count). The Labute approximate surface area is 249 Å². The molecule has 2 aromatic rings. The second-order valence-electron chi connectivity index (χ2n) is 11.4. The van der Waals surface area contributed by atoms with Gasteiger partial charge in [-0.1, -0.05) is 30.7 Å². The number of aryl methyl sites for hydroxylation is 2. The van der Waals surface area contributed by atoms with Crippen LogP contribution in [0.2, 0.25) is 5.02 Å². The maximum absolute atomic E-state index is 13.6. The van der Waals surface area contributed by atoms with Crippen LogP contribution >= 0.6 is 11.6 Å². The number of halogens is 1. The highest BCUT2D eigenvalue weighted by molar-refractivity contribution is 6.32. The first-order valence-corrected chi connectivity index (χ1v) is 15.1. The summed E-state index contributed by atoms with van der Waals surface area (Å²) >= 11 is 6.38. The van der Waals surface area contributed by atoms with Crippen molar-refractivity contribution in [3.8, 4) is 11.5 Å². The third-order valence-electron chi connectivity index (χ3n) is 7.77. The van der Waals surface area contributed by atoms with Gasteiger partial charge < -0.3 is 24.4 Å². The number of piperidine rings is 1. The number of amides is 2. The molecule has 2 aromatic carbocycles. The number of rotatable bonds is 11. The lowest BCUT2D eigenvalue weighted by Gasteiger charge is -2.43. The fourth-order valence-electron chi connectivity index (χ4n) is 5.63. The van der Waals surface area contributed by atoms with Gasteiger partial charge in [-0.05, 0) is 74.1 Å². The van der Waals surface area contributed by atoms with Crippen LogP contribution in [0.1, 0.15) is 56.2 Å². The largest absolute Gasteiger partial charge is 0.494 e. The van der Waals surface area contributed by atoms with E-state index in [1.54, 1.807) is 0 Å². The normalized spacial score (nSPS) is 20.1. The van der Waals surface area contributed by atoms with Crippen LogP contribution in [-0.2, 0) is 20.9 Å². The van der Waals surface area contributed by atoms with Gasteiger partial charge in [0.2, 0.25) is 11.8 Å². The van der Waals surface area contributed by atoms with Crippen molar-refractivity contribution in [3.05, 3.63) is 58.1 Å². The van der Waals surface area contributed by atoms with E-state index in [-0.39, 0.29) is 30.9 Å². The predicted molar refractivity (Wildman–Crippen MR) is 161 cm³/mol. The highest BCUT2D eigenvalue weighted by atomic mass is 35.5. The molecule has 0 unspecified atom stereocenters. The van der Waals surface area contributed by atoms with E-state index < -0.39 is 5.60 Å². The number of likely N-dealkylation sites (tertiary alicyclic amines) is 1. The Bertz CT molecular complexity index is 1160. The van der Waals surface area contributed by atoms with Crippen molar-refractivity contribution in [2.75, 3.05) is 46.0 Å². The predicted octanol–water partition coefficient (Wildman–Crippen LogP) is 4.91. The first-order chi connectivity index (χ1) is 19.7. The number of hydrogen-bond acceptors (Lipinski definition) is 6. The van der Waals surface area contributed by atoms with E-state index in [9.17, 15) is 9.59 Å². The van der Waals surface area contributed by atoms with Crippen LogP contribution in [0, 0.1) is 13.8 Å². The fraction of sp³-hybridized carbons (Fsp3) is 0.562. The average Bonchev–Trinajstić information content (AvgIpc) is 2.94. The van der Waals surface area contributed by atoms with Crippen LogP contribution in [0.5, 0.6) is 11.5 Å². The van der Waals surface area contributed by atoms with E-state index in [0.29, 0.717) is 32.8 Å². The summed E-state index contributed by atoms with van der Waals surface area (Å²) in [5.41, 5.74) is 2.29. The molecule has 1 atom stereocenters. The molecule has 2 amide bonds. The van der Waals surface area contributed by atoms with Crippen molar-refractivity contribution in [2.24, 2.45) is 0 Å². The SMILES string of the molecule is CCCOc1ccc(CN2CCO[C@@](COc3cc(C)c(Cl)c(C)c3)(CC(=O)N3CCC(NC(C)=O)CC3)C2)cc1. The number of carbonyl (C=O) groups is 2.